The molecule has 0 saturated heterocycles. The molecular weight excluding hydrogens is 283 g/mol. The van der Waals surface area contributed by atoms with Crippen molar-refractivity contribution in [2.24, 2.45) is 0 Å². The lowest BCUT2D eigenvalue weighted by molar-refractivity contribution is -0.118. The Morgan fingerprint density at radius 1 is 1.18 bits per heavy atom. The van der Waals surface area contributed by atoms with E-state index in [1.165, 1.54) is 12.1 Å². The van der Waals surface area contributed by atoms with Crippen LogP contribution < -0.4 is 10.1 Å². The summed E-state index contributed by atoms with van der Waals surface area (Å²) in [4.78, 5) is 15.8. The van der Waals surface area contributed by atoms with E-state index in [1.54, 1.807) is 24.4 Å². The van der Waals surface area contributed by atoms with E-state index in [2.05, 4.69) is 10.3 Å². The van der Waals surface area contributed by atoms with Crippen molar-refractivity contribution in [2.45, 2.75) is 0 Å². The molecule has 0 aliphatic carbocycles. The highest BCUT2D eigenvalue weighted by atomic mass is 19.1. The van der Waals surface area contributed by atoms with Gasteiger partial charge in [0.25, 0.3) is 5.91 Å². The van der Waals surface area contributed by atoms with E-state index in [1.807, 2.05) is 12.1 Å². The van der Waals surface area contributed by atoms with Gasteiger partial charge in [0.05, 0.1) is 11.2 Å². The van der Waals surface area contributed by atoms with Gasteiger partial charge in [0.2, 0.25) is 0 Å². The first-order valence-corrected chi connectivity index (χ1v) is 6.82. The zero-order valence-corrected chi connectivity index (χ0v) is 11.5. The second kappa shape index (κ2) is 4.80. The molecule has 108 valence electrons. The molecule has 1 aliphatic heterocycles. The minimum Gasteiger partial charge on any atom is -0.482 e. The number of carbonyl (C=O) groups excluding carboxylic acids is 1. The quantitative estimate of drug-likeness (QED) is 0.748. The van der Waals surface area contributed by atoms with Crippen molar-refractivity contribution in [3.05, 3.63) is 54.5 Å². The smallest absolute Gasteiger partial charge is 0.262 e. The van der Waals surface area contributed by atoms with Gasteiger partial charge in [0.15, 0.2) is 6.61 Å². The number of anilines is 1. The van der Waals surface area contributed by atoms with Crippen LogP contribution in [-0.2, 0) is 4.79 Å². The van der Waals surface area contributed by atoms with Gasteiger partial charge in [-0.15, -0.1) is 0 Å². The summed E-state index contributed by atoms with van der Waals surface area (Å²) in [6.07, 6.45) is 1.67. The molecule has 0 saturated carbocycles. The molecule has 3 aromatic rings. The number of nitrogens with one attached hydrogen (secondary N) is 1. The molecule has 4 nitrogen and oxygen atoms in total. The number of amides is 1. The summed E-state index contributed by atoms with van der Waals surface area (Å²) in [7, 11) is 0. The number of aromatic nitrogens is 1. The average Bonchev–Trinajstić information content (AvgIpc) is 2.53. The topological polar surface area (TPSA) is 51.2 Å². The van der Waals surface area contributed by atoms with Crippen molar-refractivity contribution >= 4 is 22.5 Å². The van der Waals surface area contributed by atoms with Crippen LogP contribution in [-0.4, -0.2) is 17.5 Å². The van der Waals surface area contributed by atoms with Crippen molar-refractivity contribution in [3.8, 4) is 16.9 Å². The summed E-state index contributed by atoms with van der Waals surface area (Å²) in [5.74, 6) is 0.0809. The van der Waals surface area contributed by atoms with Gasteiger partial charge >= 0.3 is 0 Å². The molecule has 2 heterocycles. The molecule has 0 bridgehead atoms. The summed E-state index contributed by atoms with van der Waals surface area (Å²) in [5, 5.41) is 3.49. The molecule has 1 aromatic heterocycles. The number of hydrogen-bond donors (Lipinski definition) is 1. The Bertz CT molecular complexity index is 908. The lowest BCUT2D eigenvalue weighted by atomic mass is 10.0. The van der Waals surface area contributed by atoms with Gasteiger partial charge in [-0.05, 0) is 35.9 Å². The molecule has 0 radical (unpaired) electrons. The van der Waals surface area contributed by atoms with Crippen LogP contribution in [0, 0.1) is 5.82 Å². The number of carbonyl (C=O) groups is 1. The zero-order chi connectivity index (χ0) is 15.1. The predicted octanol–water partition coefficient (Wildman–Crippen LogP) is 3.37. The number of pyridine rings is 1. The molecule has 22 heavy (non-hydrogen) atoms. The van der Waals surface area contributed by atoms with Crippen LogP contribution in [0.25, 0.3) is 22.0 Å². The Labute approximate surface area is 125 Å². The van der Waals surface area contributed by atoms with Crippen LogP contribution >= 0.6 is 0 Å². The molecule has 4 rings (SSSR count). The Hall–Kier alpha value is -2.95. The molecule has 2 aromatic carbocycles. The Kier molecular flexibility index (Phi) is 2.79. The van der Waals surface area contributed by atoms with E-state index in [4.69, 9.17) is 4.74 Å². The monoisotopic (exact) mass is 294 g/mol. The summed E-state index contributed by atoms with van der Waals surface area (Å²) in [5.41, 5.74) is 2.75. The third-order valence-electron chi connectivity index (χ3n) is 3.59. The van der Waals surface area contributed by atoms with Gasteiger partial charge in [-0.1, -0.05) is 12.1 Å². The van der Waals surface area contributed by atoms with E-state index in [-0.39, 0.29) is 18.3 Å². The molecule has 0 fully saturated rings. The third kappa shape index (κ3) is 2.07. The van der Waals surface area contributed by atoms with Crippen molar-refractivity contribution in [3.63, 3.8) is 0 Å². The zero-order valence-electron chi connectivity index (χ0n) is 11.5. The fourth-order valence-corrected chi connectivity index (χ4v) is 2.63. The molecule has 0 spiro atoms. The largest absolute Gasteiger partial charge is 0.482 e. The number of hydrogen-bond acceptors (Lipinski definition) is 3. The van der Waals surface area contributed by atoms with Gasteiger partial charge in [0, 0.05) is 17.1 Å². The first kappa shape index (κ1) is 12.8. The highest BCUT2D eigenvalue weighted by molar-refractivity contribution is 5.98. The van der Waals surface area contributed by atoms with Crippen LogP contribution in [0.1, 0.15) is 0 Å². The Morgan fingerprint density at radius 3 is 3.00 bits per heavy atom. The molecule has 1 amide bonds. The average molecular weight is 294 g/mol. The molecule has 0 atom stereocenters. The second-order valence-corrected chi connectivity index (χ2v) is 5.08. The highest BCUT2D eigenvalue weighted by Crippen LogP contribution is 2.35. The summed E-state index contributed by atoms with van der Waals surface area (Å²) >= 11 is 0. The van der Waals surface area contributed by atoms with Crippen molar-refractivity contribution < 1.29 is 13.9 Å². The summed E-state index contributed by atoms with van der Waals surface area (Å²) < 4.78 is 19.2. The minimum atomic E-state index is -0.325. The first-order valence-electron chi connectivity index (χ1n) is 6.82. The van der Waals surface area contributed by atoms with E-state index in [9.17, 15) is 9.18 Å². The van der Waals surface area contributed by atoms with Gasteiger partial charge < -0.3 is 10.1 Å². The number of rotatable bonds is 1. The molecular formula is C17H11FN2O2. The van der Waals surface area contributed by atoms with Crippen LogP contribution in [0.15, 0.2) is 48.7 Å². The number of fused-ring (bicyclic) bond motifs is 2. The summed E-state index contributed by atoms with van der Waals surface area (Å²) in [6, 6.07) is 11.9. The fourth-order valence-electron chi connectivity index (χ4n) is 2.63. The standard InChI is InChI=1S/C17H11FN2O2/c18-12-6-11-2-1-5-19-17(11)13(8-12)10-3-4-15-14(7-10)20-16(21)9-22-15/h1-8H,9H2,(H,20,21). The van der Waals surface area contributed by atoms with Crippen LogP contribution in [0.5, 0.6) is 5.75 Å². The number of halogens is 1. The SMILES string of the molecule is O=C1COc2ccc(-c3cc(F)cc4cccnc34)cc2N1. The normalized spacial score (nSPS) is 13.4. The fraction of sp³-hybridized carbons (Fsp3) is 0.0588. The lowest BCUT2D eigenvalue weighted by Crippen LogP contribution is -2.25. The number of ether oxygens (including phenoxy) is 1. The Morgan fingerprint density at radius 2 is 2.09 bits per heavy atom. The van der Waals surface area contributed by atoms with Gasteiger partial charge in [0.1, 0.15) is 11.6 Å². The van der Waals surface area contributed by atoms with Crippen molar-refractivity contribution in [1.29, 1.82) is 0 Å². The van der Waals surface area contributed by atoms with E-state index in [0.717, 1.165) is 10.9 Å². The maximum absolute atomic E-state index is 13.9. The predicted molar refractivity (Wildman–Crippen MR) is 81.3 cm³/mol. The highest BCUT2D eigenvalue weighted by Gasteiger charge is 2.17. The van der Waals surface area contributed by atoms with Crippen molar-refractivity contribution in [1.82, 2.24) is 4.98 Å². The number of benzene rings is 2. The van der Waals surface area contributed by atoms with Crippen LogP contribution in [0.3, 0.4) is 0 Å². The van der Waals surface area contributed by atoms with E-state index in [0.29, 0.717) is 22.5 Å². The van der Waals surface area contributed by atoms with Gasteiger partial charge in [-0.2, -0.15) is 0 Å². The second-order valence-electron chi connectivity index (χ2n) is 5.08. The lowest BCUT2D eigenvalue weighted by Gasteiger charge is -2.18. The van der Waals surface area contributed by atoms with E-state index >= 15 is 0 Å². The van der Waals surface area contributed by atoms with Gasteiger partial charge in [-0.25, -0.2) is 4.39 Å². The third-order valence-corrected chi connectivity index (χ3v) is 3.59. The molecule has 0 unspecified atom stereocenters. The van der Waals surface area contributed by atoms with E-state index < -0.39 is 0 Å². The molecule has 1 aliphatic rings. The summed E-state index contributed by atoms with van der Waals surface area (Å²) in [6.45, 7) is 0.0107. The molecule has 5 heteroatoms. The molecule has 1 N–H and O–H groups in total. The van der Waals surface area contributed by atoms with Crippen LogP contribution in [0.4, 0.5) is 10.1 Å². The maximum Gasteiger partial charge on any atom is 0.262 e. The van der Waals surface area contributed by atoms with Crippen molar-refractivity contribution in [2.75, 3.05) is 11.9 Å². The maximum atomic E-state index is 13.9. The van der Waals surface area contributed by atoms with Gasteiger partial charge in [-0.3, -0.25) is 9.78 Å². The Balaban J connectivity index is 1.92. The van der Waals surface area contributed by atoms with Crippen LogP contribution in [0.2, 0.25) is 0 Å². The minimum absolute atomic E-state index is 0.0107. The number of nitrogens with zero attached hydrogens (tertiary/aromatic N) is 1. The first-order chi connectivity index (χ1) is 10.7.